The molecule has 0 saturated carbocycles. The molecule has 0 unspecified atom stereocenters. The summed E-state index contributed by atoms with van der Waals surface area (Å²) in [5, 5.41) is 10.8. The second kappa shape index (κ2) is 10.3. The fraction of sp³-hybridized carbons (Fsp3) is 0.412. The normalized spacial score (nSPS) is 11.7. The molecule has 1 heterocycles. The van der Waals surface area contributed by atoms with Gasteiger partial charge in [0.1, 0.15) is 5.75 Å². The third-order valence-electron chi connectivity index (χ3n) is 3.58. The molecule has 1 aromatic heterocycles. The van der Waals surface area contributed by atoms with Gasteiger partial charge in [-0.2, -0.15) is 13.9 Å². The van der Waals surface area contributed by atoms with Crippen molar-refractivity contribution in [1.82, 2.24) is 20.4 Å². The quantitative estimate of drug-likeness (QED) is 0.387. The van der Waals surface area contributed by atoms with Crippen LogP contribution in [-0.2, 0) is 13.1 Å². The molecule has 0 aliphatic heterocycles. The first kappa shape index (κ1) is 21.2. The molecule has 0 bridgehead atoms. The minimum absolute atomic E-state index is 0.0251. The summed E-state index contributed by atoms with van der Waals surface area (Å²) in [6.45, 7) is 0.608. The maximum Gasteiger partial charge on any atom is 0.387 e. The zero-order valence-corrected chi connectivity index (χ0v) is 16.5. The number of nitrogens with zero attached hydrogens (tertiary/aromatic N) is 3. The molecule has 0 aliphatic carbocycles. The predicted octanol–water partition coefficient (Wildman–Crippen LogP) is 3.86. The number of guanidine groups is 1. The molecule has 0 atom stereocenters. The number of ether oxygens (including phenoxy) is 1. The van der Waals surface area contributed by atoms with Crippen LogP contribution in [0.4, 0.5) is 8.78 Å². The van der Waals surface area contributed by atoms with Crippen molar-refractivity contribution >= 4 is 29.2 Å². The Kier molecular flexibility index (Phi) is 8.12. The van der Waals surface area contributed by atoms with Crippen molar-refractivity contribution in [2.45, 2.75) is 33.0 Å². The predicted molar refractivity (Wildman–Crippen MR) is 103 cm³/mol. The van der Waals surface area contributed by atoms with Gasteiger partial charge in [0.2, 0.25) is 0 Å². The highest BCUT2D eigenvalue weighted by molar-refractivity contribution is 6.35. The third kappa shape index (κ3) is 6.88. The van der Waals surface area contributed by atoms with Crippen LogP contribution in [-0.4, -0.2) is 35.9 Å². The molecule has 2 aromatic rings. The molecule has 0 amide bonds. The number of aryl methyl sites for hydroxylation is 2. The van der Waals surface area contributed by atoms with E-state index >= 15 is 0 Å². The van der Waals surface area contributed by atoms with E-state index in [0.29, 0.717) is 23.1 Å². The molecule has 0 saturated heterocycles. The van der Waals surface area contributed by atoms with E-state index < -0.39 is 6.61 Å². The summed E-state index contributed by atoms with van der Waals surface area (Å²) >= 11 is 11.9. The Labute approximate surface area is 166 Å². The highest BCUT2D eigenvalue weighted by Gasteiger charge is 2.15. The minimum Gasteiger partial charge on any atom is -0.433 e. The summed E-state index contributed by atoms with van der Waals surface area (Å²) in [6.07, 6.45) is 4.62. The van der Waals surface area contributed by atoms with Crippen molar-refractivity contribution in [2.24, 2.45) is 4.99 Å². The fourth-order valence-electron chi connectivity index (χ4n) is 2.40. The van der Waals surface area contributed by atoms with Gasteiger partial charge in [0.25, 0.3) is 0 Å². The van der Waals surface area contributed by atoms with Gasteiger partial charge in [0, 0.05) is 43.5 Å². The molecule has 10 heteroatoms. The highest BCUT2D eigenvalue weighted by atomic mass is 35.5. The summed E-state index contributed by atoms with van der Waals surface area (Å²) in [5.74, 6) is 0.416. The van der Waals surface area contributed by atoms with Gasteiger partial charge in [-0.3, -0.25) is 9.67 Å². The van der Waals surface area contributed by atoms with E-state index in [2.05, 4.69) is 25.5 Å². The Balaban J connectivity index is 1.88. The van der Waals surface area contributed by atoms with Crippen LogP contribution in [0.1, 0.15) is 17.5 Å². The van der Waals surface area contributed by atoms with Crippen molar-refractivity contribution in [1.29, 1.82) is 0 Å². The molecule has 6 nitrogen and oxygen atoms in total. The van der Waals surface area contributed by atoms with E-state index in [1.165, 1.54) is 12.1 Å². The lowest BCUT2D eigenvalue weighted by molar-refractivity contribution is -0.0504. The number of hydrogen-bond donors (Lipinski definition) is 2. The van der Waals surface area contributed by atoms with Crippen molar-refractivity contribution < 1.29 is 13.5 Å². The first-order valence-electron chi connectivity index (χ1n) is 8.25. The van der Waals surface area contributed by atoms with Crippen LogP contribution in [0.2, 0.25) is 10.0 Å². The molecule has 1 aromatic carbocycles. The van der Waals surface area contributed by atoms with Gasteiger partial charge in [0.15, 0.2) is 5.96 Å². The Morgan fingerprint density at radius 3 is 2.74 bits per heavy atom. The fourth-order valence-corrected chi connectivity index (χ4v) is 2.98. The summed E-state index contributed by atoms with van der Waals surface area (Å²) in [7, 11) is 1.62. The molecular formula is C17H21Cl2F2N5O. The average Bonchev–Trinajstić information content (AvgIpc) is 3.02. The number of alkyl halides is 2. The van der Waals surface area contributed by atoms with Gasteiger partial charge in [-0.05, 0) is 31.0 Å². The van der Waals surface area contributed by atoms with Crippen molar-refractivity contribution in [3.8, 4) is 5.75 Å². The maximum absolute atomic E-state index is 12.6. The highest BCUT2D eigenvalue weighted by Crippen LogP contribution is 2.33. The number of aromatic nitrogens is 2. The molecule has 2 N–H and O–H groups in total. The number of halogens is 4. The van der Waals surface area contributed by atoms with E-state index in [1.54, 1.807) is 7.05 Å². The number of hydrogen-bond acceptors (Lipinski definition) is 3. The first-order valence-corrected chi connectivity index (χ1v) is 9.01. The zero-order chi connectivity index (χ0) is 19.8. The molecule has 148 valence electrons. The van der Waals surface area contributed by atoms with Gasteiger partial charge in [0.05, 0.1) is 11.2 Å². The number of nitrogens with one attached hydrogen (secondary N) is 2. The summed E-state index contributed by atoms with van der Waals surface area (Å²) < 4.78 is 31.6. The van der Waals surface area contributed by atoms with Crippen LogP contribution in [0, 0.1) is 6.92 Å². The monoisotopic (exact) mass is 419 g/mol. The van der Waals surface area contributed by atoms with E-state index in [-0.39, 0.29) is 17.3 Å². The number of rotatable bonds is 8. The molecule has 27 heavy (non-hydrogen) atoms. The number of aliphatic imine (C=N–C) groups is 1. The van der Waals surface area contributed by atoms with E-state index in [1.807, 2.05) is 24.0 Å². The lowest BCUT2D eigenvalue weighted by Gasteiger charge is -2.16. The Morgan fingerprint density at radius 2 is 2.11 bits per heavy atom. The Morgan fingerprint density at radius 1 is 1.33 bits per heavy atom. The summed E-state index contributed by atoms with van der Waals surface area (Å²) in [6, 6.07) is 2.87. The Bertz CT molecular complexity index is 783. The van der Waals surface area contributed by atoms with Crippen LogP contribution < -0.4 is 15.4 Å². The van der Waals surface area contributed by atoms with E-state index in [4.69, 9.17) is 23.2 Å². The van der Waals surface area contributed by atoms with Gasteiger partial charge < -0.3 is 15.4 Å². The van der Waals surface area contributed by atoms with Gasteiger partial charge in [-0.15, -0.1) is 0 Å². The van der Waals surface area contributed by atoms with Gasteiger partial charge >= 0.3 is 6.61 Å². The summed E-state index contributed by atoms with van der Waals surface area (Å²) in [4.78, 5) is 4.10. The molecule has 0 spiro atoms. The van der Waals surface area contributed by atoms with E-state index in [0.717, 1.165) is 18.5 Å². The van der Waals surface area contributed by atoms with E-state index in [9.17, 15) is 8.78 Å². The second-order valence-electron chi connectivity index (χ2n) is 5.74. The molecule has 2 rings (SSSR count). The first-order chi connectivity index (χ1) is 12.9. The largest absolute Gasteiger partial charge is 0.433 e. The smallest absolute Gasteiger partial charge is 0.387 e. The van der Waals surface area contributed by atoms with Crippen LogP contribution in [0.3, 0.4) is 0 Å². The molecular weight excluding hydrogens is 399 g/mol. The van der Waals surface area contributed by atoms with Crippen molar-refractivity contribution in [3.05, 3.63) is 45.7 Å². The standard InChI is InChI=1S/C17H21Cl2F2N5O/c1-11-8-25-26(10-11)5-3-4-23-17(22-2)24-9-12-6-13(18)7-14(19)15(12)27-16(20)21/h6-8,10,16H,3-5,9H2,1-2H3,(H2,22,23,24). The summed E-state index contributed by atoms with van der Waals surface area (Å²) in [5.41, 5.74) is 1.52. The van der Waals surface area contributed by atoms with Crippen LogP contribution in [0.15, 0.2) is 29.5 Å². The van der Waals surface area contributed by atoms with Gasteiger partial charge in [-0.1, -0.05) is 23.2 Å². The van der Waals surface area contributed by atoms with Crippen LogP contribution in [0.5, 0.6) is 5.75 Å². The second-order valence-corrected chi connectivity index (χ2v) is 6.58. The lowest BCUT2D eigenvalue weighted by atomic mass is 10.2. The lowest BCUT2D eigenvalue weighted by Crippen LogP contribution is -2.37. The van der Waals surface area contributed by atoms with Crippen molar-refractivity contribution in [2.75, 3.05) is 13.6 Å². The molecule has 0 fully saturated rings. The SMILES string of the molecule is CN=C(NCCCn1cc(C)cn1)NCc1cc(Cl)cc(Cl)c1OC(F)F. The minimum atomic E-state index is -2.98. The average molecular weight is 420 g/mol. The molecule has 0 radical (unpaired) electrons. The van der Waals surface area contributed by atoms with Gasteiger partial charge in [-0.25, -0.2) is 0 Å². The third-order valence-corrected chi connectivity index (χ3v) is 4.08. The topological polar surface area (TPSA) is 63.5 Å². The number of benzene rings is 1. The Hall–Kier alpha value is -2.06. The van der Waals surface area contributed by atoms with Crippen LogP contribution in [0.25, 0.3) is 0 Å². The van der Waals surface area contributed by atoms with Crippen molar-refractivity contribution in [3.63, 3.8) is 0 Å². The molecule has 0 aliphatic rings. The zero-order valence-electron chi connectivity index (χ0n) is 15.0. The maximum atomic E-state index is 12.6. The van der Waals surface area contributed by atoms with Crippen LogP contribution >= 0.6 is 23.2 Å².